The lowest BCUT2D eigenvalue weighted by Gasteiger charge is -2.15. The summed E-state index contributed by atoms with van der Waals surface area (Å²) in [5.41, 5.74) is -1.44. The smallest absolute Gasteiger partial charge is 0.342 e. The van der Waals surface area contributed by atoms with E-state index in [1.807, 2.05) is 0 Å². The van der Waals surface area contributed by atoms with Crippen LogP contribution >= 0.6 is 0 Å². The molecule has 0 aliphatic carbocycles. The fourth-order valence-corrected chi connectivity index (χ4v) is 3.04. The van der Waals surface area contributed by atoms with Gasteiger partial charge < -0.3 is 14.6 Å². The Kier molecular flexibility index (Phi) is 5.72. The summed E-state index contributed by atoms with van der Waals surface area (Å²) in [5.74, 6) is -1.25. The molecule has 0 fully saturated rings. The number of carboxylic acid groups (broad SMARTS) is 1. The van der Waals surface area contributed by atoms with E-state index in [4.69, 9.17) is 9.47 Å². The molecule has 30 heavy (non-hydrogen) atoms. The third-order valence-electron chi connectivity index (χ3n) is 4.75. The van der Waals surface area contributed by atoms with Gasteiger partial charge in [0.25, 0.3) is 5.56 Å². The predicted molar refractivity (Wildman–Crippen MR) is 107 cm³/mol. The van der Waals surface area contributed by atoms with Gasteiger partial charge >= 0.3 is 11.7 Å². The molecule has 8 nitrogen and oxygen atoms in total. The van der Waals surface area contributed by atoms with Crippen LogP contribution in [0.4, 0.5) is 4.39 Å². The monoisotopic (exact) mass is 414 g/mol. The van der Waals surface area contributed by atoms with Gasteiger partial charge in [0.15, 0.2) is 11.5 Å². The first kappa shape index (κ1) is 20.8. The maximum absolute atomic E-state index is 13.9. The molecule has 0 spiro atoms. The van der Waals surface area contributed by atoms with Gasteiger partial charge in [0.05, 0.1) is 26.5 Å². The van der Waals surface area contributed by atoms with Gasteiger partial charge in [-0.25, -0.2) is 14.0 Å². The number of rotatable bonds is 6. The number of benzene rings is 2. The minimum Gasteiger partial charge on any atom is -0.493 e. The zero-order valence-electron chi connectivity index (χ0n) is 16.5. The maximum atomic E-state index is 13.9. The third kappa shape index (κ3) is 3.69. The van der Waals surface area contributed by atoms with Crippen LogP contribution in [0.3, 0.4) is 0 Å². The Morgan fingerprint density at radius 1 is 1.10 bits per heavy atom. The zero-order chi connectivity index (χ0) is 22.0. The molecule has 0 amide bonds. The second-order valence-corrected chi connectivity index (χ2v) is 6.46. The van der Waals surface area contributed by atoms with Crippen LogP contribution in [0, 0.1) is 12.7 Å². The minimum atomic E-state index is -1.49. The Balaban J connectivity index is 2.26. The van der Waals surface area contributed by atoms with Gasteiger partial charge in [-0.15, -0.1) is 0 Å². The topological polar surface area (TPSA) is 99.8 Å². The van der Waals surface area contributed by atoms with Crippen molar-refractivity contribution in [3.05, 3.63) is 85.9 Å². The van der Waals surface area contributed by atoms with E-state index in [-0.39, 0.29) is 17.8 Å². The Labute approximate surface area is 170 Å². The molecule has 0 aliphatic rings. The maximum Gasteiger partial charge on any atom is 0.342 e. The van der Waals surface area contributed by atoms with Gasteiger partial charge in [0.2, 0.25) is 0 Å². The van der Waals surface area contributed by atoms with Crippen LogP contribution in [0.2, 0.25) is 0 Å². The summed E-state index contributed by atoms with van der Waals surface area (Å²) in [5, 5.41) is 9.47. The van der Waals surface area contributed by atoms with Crippen molar-refractivity contribution >= 4 is 5.97 Å². The van der Waals surface area contributed by atoms with Crippen molar-refractivity contribution in [2.45, 2.75) is 13.5 Å². The first-order valence-electron chi connectivity index (χ1n) is 8.84. The van der Waals surface area contributed by atoms with Crippen LogP contribution in [-0.4, -0.2) is 34.4 Å². The average Bonchev–Trinajstić information content (AvgIpc) is 2.73. The molecule has 0 radical (unpaired) electrons. The number of aromatic nitrogens is 2. The number of hydrogen-bond acceptors (Lipinski definition) is 5. The highest BCUT2D eigenvalue weighted by atomic mass is 19.1. The second-order valence-electron chi connectivity index (χ2n) is 6.46. The van der Waals surface area contributed by atoms with Crippen LogP contribution in [0.1, 0.15) is 21.5 Å². The van der Waals surface area contributed by atoms with Crippen molar-refractivity contribution < 1.29 is 23.8 Å². The largest absolute Gasteiger partial charge is 0.493 e. The van der Waals surface area contributed by atoms with Crippen LogP contribution < -0.4 is 20.7 Å². The van der Waals surface area contributed by atoms with Gasteiger partial charge in [-0.2, -0.15) is 0 Å². The molecule has 9 heteroatoms. The number of nitrogens with zero attached hydrogens (tertiary/aromatic N) is 2. The SMILES string of the molecule is COc1ccc(-n2cc(C(=O)O)c(=O)n(Cc3cccc(F)c3C)c2=O)cc1OC. The number of hydrogen-bond donors (Lipinski definition) is 1. The van der Waals surface area contributed by atoms with Crippen LogP contribution in [-0.2, 0) is 6.54 Å². The summed E-state index contributed by atoms with van der Waals surface area (Å²) in [4.78, 5) is 37.4. The van der Waals surface area contributed by atoms with Crippen molar-refractivity contribution in [3.63, 3.8) is 0 Å². The molecule has 3 aromatic rings. The summed E-state index contributed by atoms with van der Waals surface area (Å²) in [7, 11) is 2.87. The Morgan fingerprint density at radius 2 is 1.80 bits per heavy atom. The van der Waals surface area contributed by atoms with Crippen molar-refractivity contribution in [1.82, 2.24) is 9.13 Å². The fourth-order valence-electron chi connectivity index (χ4n) is 3.04. The summed E-state index contributed by atoms with van der Waals surface area (Å²) < 4.78 is 26.1. The number of carboxylic acids is 1. The van der Waals surface area contributed by atoms with E-state index >= 15 is 0 Å². The highest BCUT2D eigenvalue weighted by molar-refractivity contribution is 5.86. The second kappa shape index (κ2) is 8.24. The first-order valence-corrected chi connectivity index (χ1v) is 8.84. The summed E-state index contributed by atoms with van der Waals surface area (Å²) in [6.07, 6.45) is 0.961. The van der Waals surface area contributed by atoms with E-state index in [9.17, 15) is 23.9 Å². The lowest BCUT2D eigenvalue weighted by molar-refractivity contribution is 0.0693. The van der Waals surface area contributed by atoms with Gasteiger partial charge in [0, 0.05) is 12.3 Å². The van der Waals surface area contributed by atoms with E-state index in [0.717, 1.165) is 15.3 Å². The fraction of sp³-hybridized carbons (Fsp3) is 0.190. The first-order chi connectivity index (χ1) is 14.3. The van der Waals surface area contributed by atoms with Crippen LogP contribution in [0.15, 0.2) is 52.2 Å². The number of methoxy groups -OCH3 is 2. The number of carbonyl (C=O) groups is 1. The summed E-state index contributed by atoms with van der Waals surface area (Å²) in [6.45, 7) is 1.24. The van der Waals surface area contributed by atoms with E-state index in [1.54, 1.807) is 12.1 Å². The number of halogens is 1. The normalized spacial score (nSPS) is 10.7. The highest BCUT2D eigenvalue weighted by Crippen LogP contribution is 2.28. The highest BCUT2D eigenvalue weighted by Gasteiger charge is 2.19. The molecule has 1 N–H and O–H groups in total. The van der Waals surface area contributed by atoms with Crippen molar-refractivity contribution in [1.29, 1.82) is 0 Å². The zero-order valence-corrected chi connectivity index (χ0v) is 16.5. The summed E-state index contributed by atoms with van der Waals surface area (Å²) >= 11 is 0. The van der Waals surface area contributed by atoms with Crippen LogP contribution in [0.25, 0.3) is 5.69 Å². The van der Waals surface area contributed by atoms with Gasteiger partial charge in [-0.05, 0) is 36.2 Å². The van der Waals surface area contributed by atoms with E-state index < -0.39 is 28.6 Å². The average molecular weight is 414 g/mol. The minimum absolute atomic E-state index is 0.266. The molecule has 2 aromatic carbocycles. The molecular weight excluding hydrogens is 395 g/mol. The number of ether oxygens (including phenoxy) is 2. The lowest BCUT2D eigenvalue weighted by Crippen LogP contribution is -2.42. The van der Waals surface area contributed by atoms with Gasteiger partial charge in [-0.3, -0.25) is 13.9 Å². The lowest BCUT2D eigenvalue weighted by atomic mass is 10.1. The quantitative estimate of drug-likeness (QED) is 0.664. The molecule has 156 valence electrons. The molecule has 1 aromatic heterocycles. The van der Waals surface area contributed by atoms with Crippen molar-refractivity contribution in [2.75, 3.05) is 14.2 Å². The molecule has 0 saturated carbocycles. The standard InChI is InChI=1S/C21H19FN2O6/c1-12-13(5-4-6-16(12)22)10-24-19(25)15(20(26)27)11-23(21(24)28)14-7-8-17(29-2)18(9-14)30-3/h4-9,11H,10H2,1-3H3,(H,26,27). The van der Waals surface area contributed by atoms with E-state index in [2.05, 4.69) is 0 Å². The Morgan fingerprint density at radius 3 is 2.43 bits per heavy atom. The van der Waals surface area contributed by atoms with Gasteiger partial charge in [0.1, 0.15) is 11.4 Å². The van der Waals surface area contributed by atoms with E-state index in [1.165, 1.54) is 45.4 Å². The van der Waals surface area contributed by atoms with Crippen molar-refractivity contribution in [2.24, 2.45) is 0 Å². The van der Waals surface area contributed by atoms with Crippen LogP contribution in [0.5, 0.6) is 11.5 Å². The van der Waals surface area contributed by atoms with Crippen molar-refractivity contribution in [3.8, 4) is 17.2 Å². The molecule has 0 saturated heterocycles. The Hall–Kier alpha value is -3.88. The molecule has 0 atom stereocenters. The number of aromatic carboxylic acids is 1. The molecule has 0 bridgehead atoms. The summed E-state index contributed by atoms with van der Waals surface area (Å²) in [6, 6.07) is 8.84. The third-order valence-corrected chi connectivity index (χ3v) is 4.75. The molecule has 3 rings (SSSR count). The molecule has 0 aliphatic heterocycles. The Bertz CT molecular complexity index is 1250. The van der Waals surface area contributed by atoms with E-state index in [0.29, 0.717) is 17.1 Å². The molecule has 1 heterocycles. The van der Waals surface area contributed by atoms with Gasteiger partial charge in [-0.1, -0.05) is 12.1 Å². The molecule has 0 unspecified atom stereocenters. The molecular formula is C21H19FN2O6. The predicted octanol–water partition coefficient (Wildman–Crippen LogP) is 2.21.